The number of carbonyl (C=O) groups excluding carboxylic acids is 1. The molecule has 2 heterocycles. The third-order valence-corrected chi connectivity index (χ3v) is 5.78. The topological polar surface area (TPSA) is 95.1 Å². The van der Waals surface area contributed by atoms with Crippen LogP contribution in [0.4, 0.5) is 0 Å². The smallest absolute Gasteiger partial charge is 0.241 e. The summed E-state index contributed by atoms with van der Waals surface area (Å²) in [6, 6.07) is -0.110. The second-order valence-electron chi connectivity index (χ2n) is 7.47. The van der Waals surface area contributed by atoms with Crippen molar-refractivity contribution in [2.24, 2.45) is 11.1 Å². The third-order valence-electron chi connectivity index (χ3n) is 5.78. The first-order valence-electron chi connectivity index (χ1n) is 8.98. The highest BCUT2D eigenvalue weighted by Gasteiger charge is 2.63. The minimum atomic E-state index is -0.900. The van der Waals surface area contributed by atoms with Crippen LogP contribution in [0.5, 0.6) is 0 Å². The Kier molecular flexibility index (Phi) is 4.42. The number of nitrogens with one attached hydrogen (secondary N) is 1. The molecule has 1 amide bonds. The predicted octanol–water partition coefficient (Wildman–Crippen LogP) is 1.32. The Labute approximate surface area is 143 Å². The number of amides is 1. The summed E-state index contributed by atoms with van der Waals surface area (Å²) >= 11 is 0. The second-order valence-corrected chi connectivity index (χ2v) is 7.47. The molecule has 3 unspecified atom stereocenters. The zero-order valence-electron chi connectivity index (χ0n) is 15.1. The van der Waals surface area contributed by atoms with Crippen molar-refractivity contribution in [1.82, 2.24) is 20.1 Å². The number of aromatic nitrogens is 3. The summed E-state index contributed by atoms with van der Waals surface area (Å²) in [6.45, 7) is 9.52. The first-order valence-corrected chi connectivity index (χ1v) is 8.98. The van der Waals surface area contributed by atoms with Crippen LogP contribution >= 0.6 is 0 Å². The van der Waals surface area contributed by atoms with Crippen LogP contribution in [0, 0.1) is 5.41 Å². The van der Waals surface area contributed by atoms with Crippen LogP contribution in [0.1, 0.15) is 64.6 Å². The monoisotopic (exact) mass is 335 g/mol. The molecule has 3 rings (SSSR count). The number of ether oxygens (including phenoxy) is 1. The molecule has 134 valence electrons. The molecule has 1 saturated carbocycles. The van der Waals surface area contributed by atoms with Crippen LogP contribution < -0.4 is 11.1 Å². The van der Waals surface area contributed by atoms with Gasteiger partial charge >= 0.3 is 0 Å². The van der Waals surface area contributed by atoms with Gasteiger partial charge in [-0.2, -0.15) is 5.10 Å². The zero-order chi connectivity index (χ0) is 17.5. The standard InChI is InChI=1S/C17H29N5O2/c1-5-13-20-14-11(8-7-9-22(14)21-13)19-15(23)17(18)10-12(24-6-2)16(17,3)4/h11-12H,5-10,18H2,1-4H3,(H,19,23). The Hall–Kier alpha value is -1.47. The van der Waals surface area contributed by atoms with E-state index in [0.717, 1.165) is 37.5 Å². The van der Waals surface area contributed by atoms with E-state index in [-0.39, 0.29) is 23.5 Å². The zero-order valence-corrected chi connectivity index (χ0v) is 15.1. The number of nitrogens with zero attached hydrogens (tertiary/aromatic N) is 3. The van der Waals surface area contributed by atoms with Crippen molar-refractivity contribution in [3.8, 4) is 0 Å². The van der Waals surface area contributed by atoms with Crippen molar-refractivity contribution in [2.45, 2.75) is 77.6 Å². The van der Waals surface area contributed by atoms with Crippen molar-refractivity contribution in [3.63, 3.8) is 0 Å². The Morgan fingerprint density at radius 3 is 2.83 bits per heavy atom. The lowest BCUT2D eigenvalue weighted by Gasteiger charge is -2.57. The van der Waals surface area contributed by atoms with E-state index < -0.39 is 5.54 Å². The van der Waals surface area contributed by atoms with Crippen molar-refractivity contribution >= 4 is 5.91 Å². The molecule has 1 fully saturated rings. The molecule has 1 aliphatic carbocycles. The average Bonchev–Trinajstić information content (AvgIpc) is 2.98. The molecular weight excluding hydrogens is 306 g/mol. The fraction of sp³-hybridized carbons (Fsp3) is 0.824. The maximum atomic E-state index is 12.9. The maximum absolute atomic E-state index is 12.9. The lowest BCUT2D eigenvalue weighted by molar-refractivity contribution is -0.171. The minimum absolute atomic E-state index is 0.0277. The van der Waals surface area contributed by atoms with E-state index in [1.807, 2.05) is 32.4 Å². The lowest BCUT2D eigenvalue weighted by Crippen LogP contribution is -2.76. The summed E-state index contributed by atoms with van der Waals surface area (Å²) in [5.41, 5.74) is 5.19. The summed E-state index contributed by atoms with van der Waals surface area (Å²) < 4.78 is 7.64. The van der Waals surface area contributed by atoms with Gasteiger partial charge in [0.1, 0.15) is 11.4 Å². The maximum Gasteiger partial charge on any atom is 0.241 e. The first kappa shape index (κ1) is 17.4. The van der Waals surface area contributed by atoms with Gasteiger partial charge in [0.15, 0.2) is 5.82 Å². The van der Waals surface area contributed by atoms with E-state index in [4.69, 9.17) is 10.5 Å². The van der Waals surface area contributed by atoms with E-state index in [1.165, 1.54) is 0 Å². The molecule has 0 aromatic carbocycles. The predicted molar refractivity (Wildman–Crippen MR) is 90.2 cm³/mol. The van der Waals surface area contributed by atoms with Gasteiger partial charge in [-0.1, -0.05) is 20.8 Å². The van der Waals surface area contributed by atoms with E-state index >= 15 is 0 Å². The van der Waals surface area contributed by atoms with Crippen LogP contribution in [-0.2, 0) is 22.5 Å². The van der Waals surface area contributed by atoms with Crippen LogP contribution in [0.2, 0.25) is 0 Å². The highest BCUT2D eigenvalue weighted by molar-refractivity contribution is 5.89. The van der Waals surface area contributed by atoms with Gasteiger partial charge in [0.25, 0.3) is 0 Å². The van der Waals surface area contributed by atoms with Gasteiger partial charge in [0, 0.05) is 31.4 Å². The molecule has 0 spiro atoms. The largest absolute Gasteiger partial charge is 0.378 e. The van der Waals surface area contributed by atoms with E-state index in [0.29, 0.717) is 13.0 Å². The minimum Gasteiger partial charge on any atom is -0.378 e. The SMILES string of the molecule is CCOC1CC(N)(C(=O)NC2CCCn3nc(CC)nc32)C1(C)C. The van der Waals surface area contributed by atoms with Gasteiger partial charge in [-0.25, -0.2) is 9.67 Å². The molecule has 1 aromatic heterocycles. The van der Waals surface area contributed by atoms with Gasteiger partial charge in [-0.05, 0) is 19.8 Å². The number of aryl methyl sites for hydroxylation is 2. The van der Waals surface area contributed by atoms with Crippen LogP contribution in [-0.4, -0.2) is 38.9 Å². The number of hydrogen-bond donors (Lipinski definition) is 2. The molecule has 7 nitrogen and oxygen atoms in total. The molecule has 24 heavy (non-hydrogen) atoms. The van der Waals surface area contributed by atoms with Crippen molar-refractivity contribution in [3.05, 3.63) is 11.6 Å². The van der Waals surface area contributed by atoms with E-state index in [2.05, 4.69) is 15.4 Å². The van der Waals surface area contributed by atoms with Crippen molar-refractivity contribution in [1.29, 1.82) is 0 Å². The lowest BCUT2D eigenvalue weighted by atomic mass is 9.54. The highest BCUT2D eigenvalue weighted by Crippen LogP contribution is 2.50. The summed E-state index contributed by atoms with van der Waals surface area (Å²) in [7, 11) is 0. The van der Waals surface area contributed by atoms with Crippen LogP contribution in [0.15, 0.2) is 0 Å². The number of hydrogen-bond acceptors (Lipinski definition) is 5. The second kappa shape index (κ2) is 6.11. The number of carbonyl (C=O) groups is 1. The Balaban J connectivity index is 1.74. The summed E-state index contributed by atoms with van der Waals surface area (Å²) in [5, 5.41) is 7.62. The van der Waals surface area contributed by atoms with Gasteiger partial charge in [-0.15, -0.1) is 0 Å². The van der Waals surface area contributed by atoms with Crippen molar-refractivity contribution < 1.29 is 9.53 Å². The van der Waals surface area contributed by atoms with Gasteiger partial charge < -0.3 is 15.8 Å². The Morgan fingerprint density at radius 2 is 2.21 bits per heavy atom. The number of rotatable bonds is 5. The number of fused-ring (bicyclic) bond motifs is 1. The number of nitrogens with two attached hydrogens (primary N) is 1. The molecule has 0 radical (unpaired) electrons. The normalized spacial score (nSPS) is 31.2. The van der Waals surface area contributed by atoms with Gasteiger partial charge in [0.05, 0.1) is 12.1 Å². The molecule has 7 heteroatoms. The molecule has 2 aliphatic rings. The first-order chi connectivity index (χ1) is 11.3. The molecule has 0 saturated heterocycles. The third kappa shape index (κ3) is 2.54. The van der Waals surface area contributed by atoms with Gasteiger partial charge in [-0.3, -0.25) is 4.79 Å². The van der Waals surface area contributed by atoms with Crippen LogP contribution in [0.25, 0.3) is 0 Å². The molecule has 1 aromatic rings. The summed E-state index contributed by atoms with van der Waals surface area (Å²) in [4.78, 5) is 17.5. The molecule has 3 N–H and O–H groups in total. The molecule has 3 atom stereocenters. The van der Waals surface area contributed by atoms with Crippen LogP contribution in [0.3, 0.4) is 0 Å². The Morgan fingerprint density at radius 1 is 1.46 bits per heavy atom. The quantitative estimate of drug-likeness (QED) is 0.846. The highest BCUT2D eigenvalue weighted by atomic mass is 16.5. The van der Waals surface area contributed by atoms with Gasteiger partial charge in [0.2, 0.25) is 5.91 Å². The fourth-order valence-corrected chi connectivity index (χ4v) is 3.79. The summed E-state index contributed by atoms with van der Waals surface area (Å²) in [6.07, 6.45) is 3.23. The van der Waals surface area contributed by atoms with E-state index in [1.54, 1.807) is 0 Å². The van der Waals surface area contributed by atoms with E-state index in [9.17, 15) is 4.79 Å². The summed E-state index contributed by atoms with van der Waals surface area (Å²) in [5.74, 6) is 1.57. The fourth-order valence-electron chi connectivity index (χ4n) is 3.79. The molecular formula is C17H29N5O2. The van der Waals surface area contributed by atoms with Crippen molar-refractivity contribution in [2.75, 3.05) is 6.61 Å². The Bertz CT molecular complexity index is 626. The molecule has 0 bridgehead atoms. The molecule has 1 aliphatic heterocycles. The average molecular weight is 335 g/mol.